The number of nitrogens with one attached hydrogen (secondary N) is 2. The highest BCUT2D eigenvalue weighted by Crippen LogP contribution is 2.35. The summed E-state index contributed by atoms with van der Waals surface area (Å²) in [6, 6.07) is 11.3. The van der Waals surface area contributed by atoms with E-state index in [2.05, 4.69) is 25.6 Å². The van der Waals surface area contributed by atoms with Crippen molar-refractivity contribution in [1.29, 1.82) is 0 Å². The van der Waals surface area contributed by atoms with Crippen molar-refractivity contribution in [2.24, 2.45) is 0 Å². The number of hydrogen-bond acceptors (Lipinski definition) is 8. The zero-order valence-electron chi connectivity index (χ0n) is 23.2. The number of carboxylic acids is 1. The number of hydrogen-bond donors (Lipinski definition) is 3. The number of pyridine rings is 1. The molecular formula is C30H31ClFN7O3. The van der Waals surface area contributed by atoms with Crippen LogP contribution in [0.25, 0.3) is 22.0 Å². The predicted molar refractivity (Wildman–Crippen MR) is 160 cm³/mol. The summed E-state index contributed by atoms with van der Waals surface area (Å²) in [5, 5.41) is 16.8. The lowest BCUT2D eigenvalue weighted by Crippen LogP contribution is -2.56. The molecule has 2 unspecified atom stereocenters. The number of carbonyl (C=O) groups is 2. The molecule has 0 bridgehead atoms. The summed E-state index contributed by atoms with van der Waals surface area (Å²) in [6.45, 7) is 5.41. The Labute approximate surface area is 247 Å². The van der Waals surface area contributed by atoms with Crippen molar-refractivity contribution in [2.75, 3.05) is 42.9 Å². The van der Waals surface area contributed by atoms with Crippen LogP contribution in [0.3, 0.4) is 0 Å². The van der Waals surface area contributed by atoms with Crippen LogP contribution >= 0.6 is 11.6 Å². The van der Waals surface area contributed by atoms with Gasteiger partial charge in [-0.2, -0.15) is 0 Å². The molecule has 42 heavy (non-hydrogen) atoms. The van der Waals surface area contributed by atoms with E-state index in [1.807, 2.05) is 34.9 Å². The molecule has 0 aliphatic carbocycles. The minimum atomic E-state index is -0.968. The molecule has 0 radical (unpaired) electrons. The third-order valence-corrected chi connectivity index (χ3v) is 7.68. The van der Waals surface area contributed by atoms with Crippen LogP contribution in [-0.4, -0.2) is 75.6 Å². The smallest absolute Gasteiger partial charge is 0.322 e. The van der Waals surface area contributed by atoms with Gasteiger partial charge in [0.25, 0.3) is 0 Å². The van der Waals surface area contributed by atoms with Gasteiger partial charge in [0.2, 0.25) is 11.9 Å². The molecule has 1 aliphatic rings. The topological polar surface area (TPSA) is 124 Å². The van der Waals surface area contributed by atoms with E-state index in [0.29, 0.717) is 48.4 Å². The van der Waals surface area contributed by atoms with Crippen LogP contribution in [0.4, 0.5) is 16.0 Å². The average Bonchev–Trinajstić information content (AvgIpc) is 2.99. The summed E-state index contributed by atoms with van der Waals surface area (Å²) in [5.74, 6) is -0.967. The van der Waals surface area contributed by atoms with Crippen molar-refractivity contribution >= 4 is 46.0 Å². The number of anilines is 2. The van der Waals surface area contributed by atoms with E-state index < -0.39 is 12.0 Å². The molecule has 3 N–H and O–H groups in total. The summed E-state index contributed by atoms with van der Waals surface area (Å²) >= 11 is 6.55. The second-order valence-electron chi connectivity index (χ2n) is 10.2. The summed E-state index contributed by atoms with van der Waals surface area (Å²) in [7, 11) is 0. The first-order chi connectivity index (χ1) is 20.2. The van der Waals surface area contributed by atoms with Crippen molar-refractivity contribution < 1.29 is 19.1 Å². The number of benzene rings is 2. The van der Waals surface area contributed by atoms with E-state index in [0.717, 1.165) is 22.0 Å². The molecule has 10 nitrogen and oxygen atoms in total. The van der Waals surface area contributed by atoms with Crippen LogP contribution in [0.5, 0.6) is 0 Å². The number of piperazine rings is 1. The zero-order chi connectivity index (χ0) is 29.8. The van der Waals surface area contributed by atoms with Gasteiger partial charge in [-0.25, -0.2) is 14.4 Å². The Bertz CT molecular complexity index is 1600. The third-order valence-electron chi connectivity index (χ3n) is 7.39. The molecule has 3 heterocycles. The van der Waals surface area contributed by atoms with Gasteiger partial charge in [0.05, 0.1) is 22.3 Å². The highest BCUT2D eigenvalue weighted by Gasteiger charge is 2.29. The number of carbonyl (C=O) groups excluding carboxylic acids is 1. The minimum Gasteiger partial charge on any atom is -0.480 e. The minimum absolute atomic E-state index is 0.0572. The number of nitrogens with zero attached hydrogens (tertiary/aromatic N) is 5. The number of halogens is 2. The van der Waals surface area contributed by atoms with E-state index in [1.54, 1.807) is 36.8 Å². The SMILES string of the molecule is CC(=O)NCC(C(=O)O)N1CCN(c2ncc(-c3ccc4ncc(Cl)c(NC(C)c5ccccc5F)c4c3)cn2)CC1. The average molecular weight is 592 g/mol. The van der Waals surface area contributed by atoms with E-state index in [9.17, 15) is 19.1 Å². The Balaban J connectivity index is 1.31. The molecule has 2 atom stereocenters. The van der Waals surface area contributed by atoms with Crippen LogP contribution in [-0.2, 0) is 9.59 Å². The third kappa shape index (κ3) is 6.42. The fraction of sp³-hybridized carbons (Fsp3) is 0.300. The highest BCUT2D eigenvalue weighted by molar-refractivity contribution is 6.34. The maximum atomic E-state index is 14.4. The summed E-state index contributed by atoms with van der Waals surface area (Å²) in [4.78, 5) is 40.5. The molecule has 0 spiro atoms. The fourth-order valence-corrected chi connectivity index (χ4v) is 5.30. The van der Waals surface area contributed by atoms with E-state index in [1.165, 1.54) is 13.0 Å². The lowest BCUT2D eigenvalue weighted by Gasteiger charge is -2.37. The molecule has 1 aliphatic heterocycles. The number of aliphatic carboxylic acids is 1. The molecule has 5 rings (SSSR count). The number of rotatable bonds is 9. The van der Waals surface area contributed by atoms with E-state index in [-0.39, 0.29) is 24.3 Å². The van der Waals surface area contributed by atoms with Gasteiger partial charge in [-0.3, -0.25) is 19.5 Å². The Morgan fingerprint density at radius 3 is 2.40 bits per heavy atom. The Kier molecular flexibility index (Phi) is 8.79. The summed E-state index contributed by atoms with van der Waals surface area (Å²) < 4.78 is 14.4. The van der Waals surface area contributed by atoms with E-state index >= 15 is 0 Å². The van der Waals surface area contributed by atoms with Crippen LogP contribution in [0.2, 0.25) is 5.02 Å². The van der Waals surface area contributed by atoms with Crippen molar-refractivity contribution in [3.05, 3.63) is 77.5 Å². The maximum Gasteiger partial charge on any atom is 0.322 e. The summed E-state index contributed by atoms with van der Waals surface area (Å²) in [6.07, 6.45) is 5.08. The Morgan fingerprint density at radius 2 is 1.74 bits per heavy atom. The van der Waals surface area contributed by atoms with Gasteiger partial charge >= 0.3 is 5.97 Å². The van der Waals surface area contributed by atoms with Crippen LogP contribution in [0.1, 0.15) is 25.5 Å². The number of fused-ring (bicyclic) bond motifs is 1. The molecule has 218 valence electrons. The molecule has 2 aromatic heterocycles. The first-order valence-electron chi connectivity index (χ1n) is 13.6. The van der Waals surface area contributed by atoms with Gasteiger partial charge < -0.3 is 20.6 Å². The second kappa shape index (κ2) is 12.7. The second-order valence-corrected chi connectivity index (χ2v) is 10.6. The van der Waals surface area contributed by atoms with Crippen LogP contribution < -0.4 is 15.5 Å². The van der Waals surface area contributed by atoms with Crippen molar-refractivity contribution in [3.8, 4) is 11.1 Å². The molecule has 1 saturated heterocycles. The lowest BCUT2D eigenvalue weighted by atomic mass is 10.0. The van der Waals surface area contributed by atoms with Crippen molar-refractivity contribution in [2.45, 2.75) is 25.9 Å². The molecule has 4 aromatic rings. The quantitative estimate of drug-likeness (QED) is 0.260. The van der Waals surface area contributed by atoms with Gasteiger partial charge in [-0.1, -0.05) is 35.9 Å². The largest absolute Gasteiger partial charge is 0.480 e. The van der Waals surface area contributed by atoms with Crippen molar-refractivity contribution in [1.82, 2.24) is 25.2 Å². The zero-order valence-corrected chi connectivity index (χ0v) is 24.0. The van der Waals surface area contributed by atoms with Gasteiger partial charge in [-0.15, -0.1) is 0 Å². The first kappa shape index (κ1) is 29.2. The van der Waals surface area contributed by atoms with Gasteiger partial charge in [-0.05, 0) is 30.7 Å². The Hall–Kier alpha value is -4.35. The fourth-order valence-electron chi connectivity index (χ4n) is 5.10. The predicted octanol–water partition coefficient (Wildman–Crippen LogP) is 4.37. The molecule has 1 fully saturated rings. The lowest BCUT2D eigenvalue weighted by molar-refractivity contribution is -0.143. The monoisotopic (exact) mass is 591 g/mol. The summed E-state index contributed by atoms with van der Waals surface area (Å²) in [5.41, 5.74) is 3.60. The molecule has 1 amide bonds. The Morgan fingerprint density at radius 1 is 1.02 bits per heavy atom. The first-order valence-corrected chi connectivity index (χ1v) is 14.0. The molecular weight excluding hydrogens is 561 g/mol. The van der Waals surface area contributed by atoms with Gasteiger partial charge in [0, 0.05) is 74.8 Å². The highest BCUT2D eigenvalue weighted by atomic mass is 35.5. The van der Waals surface area contributed by atoms with E-state index in [4.69, 9.17) is 11.6 Å². The van der Waals surface area contributed by atoms with Crippen LogP contribution in [0.15, 0.2) is 61.1 Å². The standard InChI is InChI=1S/C30H31ClFN7O3/c1-18(22-5-3-4-6-25(22)32)37-28-23-13-20(7-8-26(23)34-16-24(28)31)21-14-35-30(36-15-21)39-11-9-38(10-12-39)27(29(41)42)17-33-19(2)40/h3-8,13-16,18,27H,9-12,17H2,1-2H3,(H,33,40)(H,34,37)(H,41,42). The number of carboxylic acid groups (broad SMARTS) is 1. The van der Waals surface area contributed by atoms with Gasteiger partial charge in [0.15, 0.2) is 0 Å². The molecule has 12 heteroatoms. The number of amides is 1. The van der Waals surface area contributed by atoms with Crippen LogP contribution in [0, 0.1) is 5.82 Å². The molecule has 0 saturated carbocycles. The number of aromatic nitrogens is 3. The maximum absolute atomic E-state index is 14.4. The normalized spacial score (nSPS) is 15.3. The van der Waals surface area contributed by atoms with Gasteiger partial charge in [0.1, 0.15) is 11.9 Å². The molecule has 2 aromatic carbocycles. The van der Waals surface area contributed by atoms with Crippen molar-refractivity contribution in [3.63, 3.8) is 0 Å².